The van der Waals surface area contributed by atoms with Crippen molar-refractivity contribution in [3.8, 4) is 0 Å². The van der Waals surface area contributed by atoms with Crippen LogP contribution in [0.3, 0.4) is 0 Å². The Morgan fingerprint density at radius 2 is 1.83 bits per heavy atom. The molecule has 124 valence electrons. The third-order valence-electron chi connectivity index (χ3n) is 4.33. The highest BCUT2D eigenvalue weighted by molar-refractivity contribution is 5.92. The molecule has 0 atom stereocenters. The van der Waals surface area contributed by atoms with Gasteiger partial charge in [-0.05, 0) is 30.5 Å². The van der Waals surface area contributed by atoms with E-state index in [1.165, 1.54) is 11.6 Å². The van der Waals surface area contributed by atoms with Gasteiger partial charge in [0.15, 0.2) is 5.65 Å². The van der Waals surface area contributed by atoms with E-state index in [0.717, 1.165) is 27.8 Å². The van der Waals surface area contributed by atoms with E-state index in [9.17, 15) is 9.59 Å². The number of nitrogens with zero attached hydrogens (tertiary/aromatic N) is 3. The number of aryl methyl sites for hydroxylation is 3. The highest BCUT2D eigenvalue weighted by atomic mass is 16.2. The van der Waals surface area contributed by atoms with Crippen LogP contribution in [-0.4, -0.2) is 14.1 Å². The van der Waals surface area contributed by atoms with Crippen molar-refractivity contribution in [2.45, 2.75) is 20.3 Å². The number of pyridine rings is 1. The molecule has 0 aliphatic heterocycles. The molecule has 0 fully saturated rings. The lowest BCUT2D eigenvalue weighted by atomic mass is 10.1. The minimum absolute atomic E-state index is 0.341. The average molecular weight is 324 g/mol. The third kappa shape index (κ3) is 2.40. The van der Waals surface area contributed by atoms with Crippen molar-refractivity contribution in [3.05, 3.63) is 62.4 Å². The summed E-state index contributed by atoms with van der Waals surface area (Å²) >= 11 is 0. The molecule has 24 heavy (non-hydrogen) atoms. The van der Waals surface area contributed by atoms with Gasteiger partial charge in [-0.2, -0.15) is 0 Å². The maximum Gasteiger partial charge on any atom is 0.332 e. The van der Waals surface area contributed by atoms with Crippen molar-refractivity contribution >= 4 is 22.4 Å². The largest absolute Gasteiger partial charge is 0.354 e. The molecule has 6 heteroatoms. The van der Waals surface area contributed by atoms with Crippen LogP contribution in [0.25, 0.3) is 11.0 Å². The lowest BCUT2D eigenvalue weighted by Crippen LogP contribution is -2.37. The van der Waals surface area contributed by atoms with Gasteiger partial charge < -0.3 is 5.32 Å². The van der Waals surface area contributed by atoms with Crippen molar-refractivity contribution in [1.29, 1.82) is 0 Å². The van der Waals surface area contributed by atoms with Crippen LogP contribution in [0, 0.1) is 6.92 Å². The number of nitrogens with one attached hydrogen (secondary N) is 1. The van der Waals surface area contributed by atoms with Crippen LogP contribution in [0.15, 0.2) is 40.1 Å². The molecule has 0 aliphatic rings. The Morgan fingerprint density at radius 3 is 2.50 bits per heavy atom. The van der Waals surface area contributed by atoms with Crippen LogP contribution in [-0.2, 0) is 20.5 Å². The minimum atomic E-state index is -0.383. The van der Waals surface area contributed by atoms with Gasteiger partial charge >= 0.3 is 5.69 Å². The number of para-hydroxylation sites is 1. The molecule has 2 heterocycles. The third-order valence-corrected chi connectivity index (χ3v) is 4.33. The van der Waals surface area contributed by atoms with E-state index in [2.05, 4.69) is 10.3 Å². The van der Waals surface area contributed by atoms with Crippen LogP contribution < -0.4 is 16.6 Å². The first-order valence-corrected chi connectivity index (χ1v) is 7.86. The van der Waals surface area contributed by atoms with Crippen molar-refractivity contribution < 1.29 is 0 Å². The molecule has 0 unspecified atom stereocenters. The standard InChI is InChI=1S/C18H20N4O2/c1-5-12-10-19-16-14(17(23)22(4)18(24)21(16)3)15(12)20-13-9-7-6-8-11(13)2/h6-10H,5H2,1-4H3,(H,19,20). The summed E-state index contributed by atoms with van der Waals surface area (Å²) in [6, 6.07) is 7.88. The Hall–Kier alpha value is -2.89. The first-order chi connectivity index (χ1) is 11.5. The second kappa shape index (κ2) is 5.96. The van der Waals surface area contributed by atoms with Crippen molar-refractivity contribution in [2.75, 3.05) is 5.32 Å². The number of hydrogen-bond donors (Lipinski definition) is 1. The summed E-state index contributed by atoms with van der Waals surface area (Å²) in [6.07, 6.45) is 2.45. The molecule has 3 rings (SSSR count). The predicted octanol–water partition coefficient (Wildman–Crippen LogP) is 2.25. The molecule has 0 bridgehead atoms. The molecule has 0 spiro atoms. The van der Waals surface area contributed by atoms with E-state index in [1.807, 2.05) is 38.1 Å². The molecule has 1 N–H and O–H groups in total. The summed E-state index contributed by atoms with van der Waals surface area (Å²) in [4.78, 5) is 29.2. The summed E-state index contributed by atoms with van der Waals surface area (Å²) in [6.45, 7) is 4.02. The van der Waals surface area contributed by atoms with E-state index in [0.29, 0.717) is 16.7 Å². The lowest BCUT2D eigenvalue weighted by molar-refractivity contribution is 0.707. The molecular weight excluding hydrogens is 304 g/mol. The molecule has 3 aromatic rings. The molecule has 0 saturated heterocycles. The number of aromatic nitrogens is 3. The molecule has 2 aromatic heterocycles. The average Bonchev–Trinajstić information content (AvgIpc) is 2.59. The van der Waals surface area contributed by atoms with Crippen LogP contribution in [0.5, 0.6) is 0 Å². The fourth-order valence-corrected chi connectivity index (χ4v) is 2.83. The smallest absolute Gasteiger partial charge is 0.332 e. The van der Waals surface area contributed by atoms with E-state index in [4.69, 9.17) is 0 Å². The molecule has 0 amide bonds. The molecule has 6 nitrogen and oxygen atoms in total. The van der Waals surface area contributed by atoms with Crippen LogP contribution in [0.2, 0.25) is 0 Å². The van der Waals surface area contributed by atoms with Gasteiger partial charge in [-0.3, -0.25) is 13.9 Å². The van der Waals surface area contributed by atoms with Gasteiger partial charge in [0, 0.05) is 26.0 Å². The van der Waals surface area contributed by atoms with Crippen LogP contribution >= 0.6 is 0 Å². The topological polar surface area (TPSA) is 68.9 Å². The summed E-state index contributed by atoms with van der Waals surface area (Å²) in [7, 11) is 3.11. The van der Waals surface area contributed by atoms with Crippen molar-refractivity contribution in [1.82, 2.24) is 14.1 Å². The Kier molecular flexibility index (Phi) is 3.97. The summed E-state index contributed by atoms with van der Waals surface area (Å²) < 4.78 is 2.52. The molecule has 1 aromatic carbocycles. The van der Waals surface area contributed by atoms with Crippen molar-refractivity contribution in [2.24, 2.45) is 14.1 Å². The Balaban J connectivity index is 2.39. The summed E-state index contributed by atoms with van der Waals surface area (Å²) in [5.74, 6) is 0. The van der Waals surface area contributed by atoms with Crippen molar-refractivity contribution in [3.63, 3.8) is 0 Å². The van der Waals surface area contributed by atoms with Crippen LogP contribution in [0.4, 0.5) is 11.4 Å². The quantitative estimate of drug-likeness (QED) is 0.802. The minimum Gasteiger partial charge on any atom is -0.354 e. The highest BCUT2D eigenvalue weighted by Crippen LogP contribution is 2.28. The number of fused-ring (bicyclic) bond motifs is 1. The van der Waals surface area contributed by atoms with E-state index in [-0.39, 0.29) is 11.2 Å². The Morgan fingerprint density at radius 1 is 1.12 bits per heavy atom. The maximum absolute atomic E-state index is 12.7. The second-order valence-corrected chi connectivity index (χ2v) is 5.86. The molecule has 0 radical (unpaired) electrons. The zero-order valence-electron chi connectivity index (χ0n) is 14.3. The predicted molar refractivity (Wildman–Crippen MR) is 96.1 cm³/mol. The first-order valence-electron chi connectivity index (χ1n) is 7.86. The number of rotatable bonds is 3. The monoisotopic (exact) mass is 324 g/mol. The zero-order chi connectivity index (χ0) is 17.4. The normalized spacial score (nSPS) is 11.0. The summed E-state index contributed by atoms with van der Waals surface area (Å²) in [5, 5.41) is 3.81. The molecule has 0 saturated carbocycles. The van der Waals surface area contributed by atoms with Gasteiger partial charge in [0.25, 0.3) is 5.56 Å². The molecular formula is C18H20N4O2. The van der Waals surface area contributed by atoms with Gasteiger partial charge in [0.2, 0.25) is 0 Å². The lowest BCUT2D eigenvalue weighted by Gasteiger charge is -2.16. The number of hydrogen-bond acceptors (Lipinski definition) is 4. The zero-order valence-corrected chi connectivity index (χ0v) is 14.3. The van der Waals surface area contributed by atoms with Gasteiger partial charge in [-0.15, -0.1) is 0 Å². The van der Waals surface area contributed by atoms with E-state index < -0.39 is 0 Å². The first kappa shape index (κ1) is 16.0. The summed E-state index contributed by atoms with van der Waals surface area (Å²) in [5.41, 5.74) is 3.31. The SMILES string of the molecule is CCc1cnc2c(c1Nc1ccccc1C)c(=O)n(C)c(=O)n2C. The fourth-order valence-electron chi connectivity index (χ4n) is 2.83. The van der Waals surface area contributed by atoms with Gasteiger partial charge in [-0.25, -0.2) is 9.78 Å². The van der Waals surface area contributed by atoms with E-state index >= 15 is 0 Å². The van der Waals surface area contributed by atoms with Gasteiger partial charge in [-0.1, -0.05) is 25.1 Å². The van der Waals surface area contributed by atoms with Gasteiger partial charge in [0.05, 0.1) is 5.69 Å². The Labute approximate surface area is 139 Å². The van der Waals surface area contributed by atoms with Gasteiger partial charge in [0.1, 0.15) is 5.39 Å². The maximum atomic E-state index is 12.7. The molecule has 0 aliphatic carbocycles. The van der Waals surface area contributed by atoms with Crippen LogP contribution in [0.1, 0.15) is 18.1 Å². The number of benzene rings is 1. The second-order valence-electron chi connectivity index (χ2n) is 5.86. The fraction of sp³-hybridized carbons (Fsp3) is 0.278. The number of anilines is 2. The Bertz CT molecular complexity index is 1050. The highest BCUT2D eigenvalue weighted by Gasteiger charge is 2.17. The van der Waals surface area contributed by atoms with E-state index in [1.54, 1.807) is 13.2 Å².